The van der Waals surface area contributed by atoms with Gasteiger partial charge in [-0.05, 0) is 72.2 Å². The van der Waals surface area contributed by atoms with Crippen molar-refractivity contribution in [1.82, 2.24) is 0 Å². The van der Waals surface area contributed by atoms with Crippen LogP contribution in [0.2, 0.25) is 0 Å². The van der Waals surface area contributed by atoms with Gasteiger partial charge in [0.05, 0.1) is 11.4 Å². The summed E-state index contributed by atoms with van der Waals surface area (Å²) in [5.41, 5.74) is 6.09. The molecule has 0 aliphatic carbocycles. The van der Waals surface area contributed by atoms with Crippen molar-refractivity contribution in [2.24, 2.45) is 20.8 Å². The Balaban J connectivity index is 1.79. The summed E-state index contributed by atoms with van der Waals surface area (Å²) in [7, 11) is 0. The van der Waals surface area contributed by atoms with Crippen LogP contribution in [0.15, 0.2) is 95.2 Å². The normalized spacial score (nSPS) is 12.2. The summed E-state index contributed by atoms with van der Waals surface area (Å²) < 4.78 is 0. The highest BCUT2D eigenvalue weighted by Gasteiger charge is 2.13. The number of nitrogens with one attached hydrogen (secondary N) is 2. The van der Waals surface area contributed by atoms with Crippen molar-refractivity contribution < 1.29 is 10.2 Å². The van der Waals surface area contributed by atoms with E-state index in [4.69, 9.17) is 0 Å². The van der Waals surface area contributed by atoms with E-state index in [0.29, 0.717) is 22.5 Å². The minimum Gasteiger partial charge on any atom is -0.507 e. The second kappa shape index (κ2) is 12.7. The zero-order chi connectivity index (χ0) is 29.5. The molecule has 3 rings (SSSR count). The maximum atomic E-state index is 10.4. The number of benzene rings is 3. The molecule has 0 radical (unpaired) electrons. The second-order valence-electron chi connectivity index (χ2n) is 12.5. The van der Waals surface area contributed by atoms with Gasteiger partial charge in [0.1, 0.15) is 11.5 Å². The smallest absolute Gasteiger partial charge is 0.124 e. The number of para-hydroxylation sites is 2. The van der Waals surface area contributed by atoms with E-state index in [2.05, 4.69) is 75.3 Å². The standard InChI is InChI=1S/C34H42N4O2/c1-23(19-33(3,4)5)37-27-13-15-31(39)25(17-27)21-35-29-11-9-10-12-30(29)36-22-26-18-28(14-16-32(26)40)38-24(2)20-34(6,7)8/h9-18,21-22,37-40H,1-2,19-20H2,3-8H3. The number of rotatable bonds is 10. The fourth-order valence-corrected chi connectivity index (χ4v) is 4.21. The van der Waals surface area contributed by atoms with Crippen molar-refractivity contribution in [1.29, 1.82) is 0 Å². The monoisotopic (exact) mass is 538 g/mol. The fourth-order valence-electron chi connectivity index (χ4n) is 4.21. The Morgan fingerprint density at radius 1 is 0.675 bits per heavy atom. The van der Waals surface area contributed by atoms with Gasteiger partial charge in [-0.1, -0.05) is 66.8 Å². The molecule has 0 aromatic heterocycles. The number of phenols is 2. The molecule has 4 N–H and O–H groups in total. The number of aliphatic imine (C=N–C) groups is 2. The SMILES string of the molecule is C=C(CC(C)(C)C)Nc1ccc(O)c(C=Nc2ccccc2N=Cc2cc(NC(=C)CC(C)(C)C)ccc2O)c1. The Hall–Kier alpha value is -4.32. The van der Waals surface area contributed by atoms with Crippen LogP contribution < -0.4 is 10.6 Å². The van der Waals surface area contributed by atoms with Crippen molar-refractivity contribution in [2.75, 3.05) is 10.6 Å². The first-order valence-corrected chi connectivity index (χ1v) is 13.4. The summed E-state index contributed by atoms with van der Waals surface area (Å²) in [6, 6.07) is 18.0. The van der Waals surface area contributed by atoms with Gasteiger partial charge in [-0.15, -0.1) is 0 Å². The maximum Gasteiger partial charge on any atom is 0.124 e. The number of anilines is 2. The van der Waals surface area contributed by atoms with E-state index in [1.54, 1.807) is 24.6 Å². The summed E-state index contributed by atoms with van der Waals surface area (Å²) in [5.74, 6) is 0.248. The van der Waals surface area contributed by atoms with Crippen LogP contribution in [0.1, 0.15) is 65.5 Å². The van der Waals surface area contributed by atoms with Gasteiger partial charge in [0, 0.05) is 46.3 Å². The van der Waals surface area contributed by atoms with Crippen LogP contribution in [0.5, 0.6) is 11.5 Å². The molecule has 0 unspecified atom stereocenters. The molecule has 210 valence electrons. The van der Waals surface area contributed by atoms with Crippen molar-refractivity contribution in [3.63, 3.8) is 0 Å². The lowest BCUT2D eigenvalue weighted by atomic mass is 9.91. The van der Waals surface area contributed by atoms with Crippen molar-refractivity contribution in [3.8, 4) is 11.5 Å². The van der Waals surface area contributed by atoms with Crippen LogP contribution >= 0.6 is 0 Å². The fraction of sp³-hybridized carbons (Fsp3) is 0.294. The molecule has 6 heteroatoms. The summed E-state index contributed by atoms with van der Waals surface area (Å²) in [4.78, 5) is 9.21. The first-order chi connectivity index (χ1) is 18.7. The van der Waals surface area contributed by atoms with E-state index in [1.165, 1.54) is 0 Å². The van der Waals surface area contributed by atoms with E-state index in [1.807, 2.05) is 48.5 Å². The van der Waals surface area contributed by atoms with Gasteiger partial charge < -0.3 is 20.8 Å². The third-order valence-corrected chi connectivity index (χ3v) is 5.75. The summed E-state index contributed by atoms with van der Waals surface area (Å²) in [6.45, 7) is 21.2. The number of hydrogen-bond acceptors (Lipinski definition) is 6. The van der Waals surface area contributed by atoms with Gasteiger partial charge in [0.2, 0.25) is 0 Å². The van der Waals surface area contributed by atoms with Gasteiger partial charge in [-0.25, -0.2) is 0 Å². The molecule has 0 aliphatic rings. The van der Waals surface area contributed by atoms with E-state index < -0.39 is 0 Å². The number of hydrogen-bond donors (Lipinski definition) is 4. The average Bonchev–Trinajstić information content (AvgIpc) is 2.83. The molecular weight excluding hydrogens is 496 g/mol. The van der Waals surface area contributed by atoms with Crippen LogP contribution in [0.25, 0.3) is 0 Å². The molecule has 6 nitrogen and oxygen atoms in total. The molecule has 0 saturated carbocycles. The van der Waals surface area contributed by atoms with Crippen molar-refractivity contribution >= 4 is 35.2 Å². The summed E-state index contributed by atoms with van der Waals surface area (Å²) in [5, 5.41) is 27.5. The van der Waals surface area contributed by atoms with Crippen molar-refractivity contribution in [2.45, 2.75) is 54.4 Å². The minimum atomic E-state index is 0.116. The van der Waals surface area contributed by atoms with Gasteiger partial charge >= 0.3 is 0 Å². The molecule has 0 fully saturated rings. The van der Waals surface area contributed by atoms with Crippen LogP contribution in [0.3, 0.4) is 0 Å². The molecule has 0 saturated heterocycles. The third kappa shape index (κ3) is 9.77. The number of nitrogens with zero attached hydrogens (tertiary/aromatic N) is 2. The highest BCUT2D eigenvalue weighted by molar-refractivity contribution is 5.90. The lowest BCUT2D eigenvalue weighted by Gasteiger charge is -2.21. The lowest BCUT2D eigenvalue weighted by Crippen LogP contribution is -2.10. The zero-order valence-corrected chi connectivity index (χ0v) is 24.5. The van der Waals surface area contributed by atoms with Gasteiger partial charge in [-0.2, -0.15) is 0 Å². The molecule has 0 heterocycles. The van der Waals surface area contributed by atoms with E-state index >= 15 is 0 Å². The van der Waals surface area contributed by atoms with Crippen LogP contribution in [0, 0.1) is 10.8 Å². The van der Waals surface area contributed by atoms with E-state index in [9.17, 15) is 10.2 Å². The quantitative estimate of drug-likeness (QED) is 0.153. The highest BCUT2D eigenvalue weighted by atomic mass is 16.3. The number of aromatic hydroxyl groups is 2. The topological polar surface area (TPSA) is 89.2 Å². The molecular formula is C34H42N4O2. The van der Waals surface area contributed by atoms with Crippen molar-refractivity contribution in [3.05, 3.63) is 96.3 Å². The van der Waals surface area contributed by atoms with Crippen LogP contribution in [-0.4, -0.2) is 22.6 Å². The Kier molecular flexibility index (Phi) is 9.59. The molecule has 0 amide bonds. The van der Waals surface area contributed by atoms with Gasteiger partial charge in [-0.3, -0.25) is 9.98 Å². The molecule has 3 aromatic carbocycles. The van der Waals surface area contributed by atoms with E-state index in [0.717, 1.165) is 35.6 Å². The summed E-state index contributed by atoms with van der Waals surface area (Å²) >= 11 is 0. The average molecular weight is 539 g/mol. The first-order valence-electron chi connectivity index (χ1n) is 13.4. The van der Waals surface area contributed by atoms with Gasteiger partial charge in [0.15, 0.2) is 0 Å². The Bertz CT molecular complexity index is 1310. The Morgan fingerprint density at radius 2 is 1.05 bits per heavy atom. The molecule has 0 spiro atoms. The largest absolute Gasteiger partial charge is 0.507 e. The van der Waals surface area contributed by atoms with E-state index in [-0.39, 0.29) is 22.3 Å². The highest BCUT2D eigenvalue weighted by Crippen LogP contribution is 2.31. The zero-order valence-electron chi connectivity index (χ0n) is 24.5. The Morgan fingerprint density at radius 3 is 1.40 bits per heavy atom. The number of allylic oxidation sites excluding steroid dienone is 2. The molecule has 40 heavy (non-hydrogen) atoms. The molecule has 0 atom stereocenters. The lowest BCUT2D eigenvalue weighted by molar-refractivity contribution is 0.411. The number of phenolic OH excluding ortho intramolecular Hbond substituents is 2. The van der Waals surface area contributed by atoms with Crippen LogP contribution in [0.4, 0.5) is 22.7 Å². The predicted octanol–water partition coefficient (Wildman–Crippen LogP) is 9.32. The molecule has 3 aromatic rings. The summed E-state index contributed by atoms with van der Waals surface area (Å²) in [6.07, 6.45) is 4.88. The minimum absolute atomic E-state index is 0.116. The third-order valence-electron chi connectivity index (χ3n) is 5.75. The first kappa shape index (κ1) is 30.2. The van der Waals surface area contributed by atoms with Crippen LogP contribution in [-0.2, 0) is 0 Å². The predicted molar refractivity (Wildman–Crippen MR) is 171 cm³/mol. The molecule has 0 aliphatic heterocycles. The van der Waals surface area contributed by atoms with Gasteiger partial charge in [0.25, 0.3) is 0 Å². The second-order valence-corrected chi connectivity index (χ2v) is 12.5. The molecule has 0 bridgehead atoms. The Labute approximate surface area is 238 Å². The maximum absolute atomic E-state index is 10.4.